The van der Waals surface area contributed by atoms with E-state index in [-0.39, 0.29) is 12.1 Å². The van der Waals surface area contributed by atoms with Crippen molar-refractivity contribution in [3.63, 3.8) is 0 Å². The van der Waals surface area contributed by atoms with Gasteiger partial charge in [-0.1, -0.05) is 0 Å². The molecular formula is C12H15F2N3O2. The average molecular weight is 271 g/mol. The van der Waals surface area contributed by atoms with Gasteiger partial charge in [0.25, 0.3) is 5.91 Å². The molecular weight excluding hydrogens is 256 g/mol. The minimum atomic E-state index is -1.06. The summed E-state index contributed by atoms with van der Waals surface area (Å²) in [6.07, 6.45) is 1.40. The van der Waals surface area contributed by atoms with E-state index in [0.717, 1.165) is 6.07 Å². The molecule has 0 atom stereocenters. The largest absolute Gasteiger partial charge is 0.366 e. The first-order valence-corrected chi connectivity index (χ1v) is 5.74. The normalized spacial score (nSPS) is 10.3. The summed E-state index contributed by atoms with van der Waals surface area (Å²) in [6, 6.07) is 1.39. The first-order chi connectivity index (χ1) is 8.95. The number of nitrogens with one attached hydrogen (secondary N) is 1. The zero-order valence-corrected chi connectivity index (χ0v) is 10.2. The van der Waals surface area contributed by atoms with Crippen molar-refractivity contribution in [2.75, 3.05) is 11.9 Å². The Hall–Kier alpha value is -2.02. The molecule has 0 heterocycles. The second kappa shape index (κ2) is 6.79. The lowest BCUT2D eigenvalue weighted by Gasteiger charge is -2.08. The van der Waals surface area contributed by atoms with Gasteiger partial charge in [0.2, 0.25) is 5.91 Å². The topological polar surface area (TPSA) is 98.2 Å². The van der Waals surface area contributed by atoms with Gasteiger partial charge in [0.15, 0.2) is 0 Å². The number of anilines is 1. The lowest BCUT2D eigenvalue weighted by atomic mass is 10.1. The van der Waals surface area contributed by atoms with Gasteiger partial charge in [-0.15, -0.1) is 0 Å². The molecule has 0 unspecified atom stereocenters. The standard InChI is InChI=1S/C12H15F2N3O2/c13-8-6-9(14)10(5-7(8)12(16)19)17-11(18)3-1-2-4-15/h5-6H,1-4,15H2,(H2,16,19)(H,17,18). The fraction of sp³-hybridized carbons (Fsp3) is 0.333. The molecule has 0 radical (unpaired) electrons. The first kappa shape index (κ1) is 15.0. The number of nitrogens with two attached hydrogens (primary N) is 2. The number of primary amides is 1. The van der Waals surface area contributed by atoms with Gasteiger partial charge >= 0.3 is 0 Å². The van der Waals surface area contributed by atoms with Crippen LogP contribution in [0.2, 0.25) is 0 Å². The van der Waals surface area contributed by atoms with Crippen LogP contribution in [0.3, 0.4) is 0 Å². The second-order valence-corrected chi connectivity index (χ2v) is 3.97. The van der Waals surface area contributed by atoms with E-state index < -0.39 is 29.0 Å². The quantitative estimate of drug-likeness (QED) is 0.676. The molecule has 5 nitrogen and oxygen atoms in total. The van der Waals surface area contributed by atoms with Crippen LogP contribution >= 0.6 is 0 Å². The molecule has 104 valence electrons. The summed E-state index contributed by atoms with van der Waals surface area (Å²) < 4.78 is 26.6. The maximum absolute atomic E-state index is 13.4. The number of unbranched alkanes of at least 4 members (excludes halogenated alkanes) is 1. The number of hydrogen-bond acceptors (Lipinski definition) is 3. The predicted molar refractivity (Wildman–Crippen MR) is 66.4 cm³/mol. The average Bonchev–Trinajstić information content (AvgIpc) is 2.32. The van der Waals surface area contributed by atoms with Crippen LogP contribution in [-0.2, 0) is 4.79 Å². The lowest BCUT2D eigenvalue weighted by molar-refractivity contribution is -0.116. The number of amides is 2. The zero-order chi connectivity index (χ0) is 14.4. The minimum Gasteiger partial charge on any atom is -0.366 e. The van der Waals surface area contributed by atoms with Crippen molar-refractivity contribution in [2.24, 2.45) is 11.5 Å². The SMILES string of the molecule is NCCCCC(=O)Nc1cc(C(N)=O)c(F)cc1F. The molecule has 0 fully saturated rings. The van der Waals surface area contributed by atoms with Crippen molar-refractivity contribution in [2.45, 2.75) is 19.3 Å². The summed E-state index contributed by atoms with van der Waals surface area (Å²) in [5.41, 5.74) is 9.47. The lowest BCUT2D eigenvalue weighted by Crippen LogP contribution is -2.17. The molecule has 0 saturated heterocycles. The molecule has 0 aliphatic rings. The summed E-state index contributed by atoms with van der Waals surface area (Å²) >= 11 is 0. The van der Waals surface area contributed by atoms with Crippen molar-refractivity contribution in [1.29, 1.82) is 0 Å². The smallest absolute Gasteiger partial charge is 0.251 e. The fourth-order valence-electron chi connectivity index (χ4n) is 1.48. The van der Waals surface area contributed by atoms with Gasteiger partial charge in [0.1, 0.15) is 11.6 Å². The molecule has 1 rings (SSSR count). The van der Waals surface area contributed by atoms with E-state index in [1.165, 1.54) is 0 Å². The number of halogens is 2. The van der Waals surface area contributed by atoms with Crippen LogP contribution in [-0.4, -0.2) is 18.4 Å². The second-order valence-electron chi connectivity index (χ2n) is 3.97. The summed E-state index contributed by atoms with van der Waals surface area (Å²) in [7, 11) is 0. The van der Waals surface area contributed by atoms with Gasteiger partial charge in [0, 0.05) is 12.5 Å². The molecule has 0 spiro atoms. The van der Waals surface area contributed by atoms with Gasteiger partial charge in [0.05, 0.1) is 11.3 Å². The van der Waals surface area contributed by atoms with E-state index in [1.54, 1.807) is 0 Å². The summed E-state index contributed by atoms with van der Waals surface area (Å²) in [4.78, 5) is 22.4. The fourth-order valence-corrected chi connectivity index (χ4v) is 1.48. The number of benzene rings is 1. The molecule has 0 aliphatic heterocycles. The maximum atomic E-state index is 13.4. The highest BCUT2D eigenvalue weighted by Gasteiger charge is 2.15. The Morgan fingerprint density at radius 1 is 1.16 bits per heavy atom. The molecule has 19 heavy (non-hydrogen) atoms. The van der Waals surface area contributed by atoms with Crippen LogP contribution in [0.5, 0.6) is 0 Å². The minimum absolute atomic E-state index is 0.167. The van der Waals surface area contributed by atoms with Crippen molar-refractivity contribution in [3.05, 3.63) is 29.3 Å². The Balaban J connectivity index is 2.80. The monoisotopic (exact) mass is 271 g/mol. The highest BCUT2D eigenvalue weighted by Crippen LogP contribution is 2.19. The molecule has 0 aliphatic carbocycles. The van der Waals surface area contributed by atoms with E-state index in [9.17, 15) is 18.4 Å². The van der Waals surface area contributed by atoms with Crippen LogP contribution in [0.15, 0.2) is 12.1 Å². The number of carbonyl (C=O) groups is 2. The number of carbonyl (C=O) groups excluding carboxylic acids is 2. The molecule has 0 bridgehead atoms. The Bertz CT molecular complexity index is 492. The number of hydrogen-bond donors (Lipinski definition) is 3. The van der Waals surface area contributed by atoms with Crippen molar-refractivity contribution in [1.82, 2.24) is 0 Å². The van der Waals surface area contributed by atoms with Gasteiger partial charge in [-0.05, 0) is 25.5 Å². The van der Waals surface area contributed by atoms with Crippen molar-refractivity contribution >= 4 is 17.5 Å². The van der Waals surface area contributed by atoms with Gasteiger partial charge in [-0.3, -0.25) is 9.59 Å². The van der Waals surface area contributed by atoms with Crippen LogP contribution in [0.1, 0.15) is 29.6 Å². The molecule has 1 aromatic carbocycles. The Labute approximate surface area is 109 Å². The summed E-state index contributed by atoms with van der Waals surface area (Å²) in [6.45, 7) is 0.462. The van der Waals surface area contributed by atoms with Crippen LogP contribution in [0.4, 0.5) is 14.5 Å². The zero-order valence-electron chi connectivity index (χ0n) is 10.2. The Kier molecular flexibility index (Phi) is 5.37. The summed E-state index contributed by atoms with van der Waals surface area (Å²) in [5, 5.41) is 2.26. The van der Waals surface area contributed by atoms with E-state index in [1.807, 2.05) is 0 Å². The third-order valence-electron chi connectivity index (χ3n) is 2.45. The molecule has 2 amide bonds. The first-order valence-electron chi connectivity index (χ1n) is 5.74. The third-order valence-corrected chi connectivity index (χ3v) is 2.45. The van der Waals surface area contributed by atoms with Gasteiger partial charge in [-0.2, -0.15) is 0 Å². The van der Waals surface area contributed by atoms with E-state index >= 15 is 0 Å². The highest BCUT2D eigenvalue weighted by atomic mass is 19.1. The van der Waals surface area contributed by atoms with Crippen molar-refractivity contribution in [3.8, 4) is 0 Å². The van der Waals surface area contributed by atoms with E-state index in [2.05, 4.69) is 5.32 Å². The number of rotatable bonds is 6. The predicted octanol–water partition coefficient (Wildman–Crippen LogP) is 1.13. The molecule has 7 heteroatoms. The van der Waals surface area contributed by atoms with E-state index in [4.69, 9.17) is 11.5 Å². The van der Waals surface area contributed by atoms with Crippen LogP contribution in [0, 0.1) is 11.6 Å². The molecule has 0 aromatic heterocycles. The maximum Gasteiger partial charge on any atom is 0.251 e. The van der Waals surface area contributed by atoms with Crippen molar-refractivity contribution < 1.29 is 18.4 Å². The Morgan fingerprint density at radius 3 is 2.42 bits per heavy atom. The highest BCUT2D eigenvalue weighted by molar-refractivity contribution is 5.96. The molecule has 5 N–H and O–H groups in total. The van der Waals surface area contributed by atoms with E-state index in [0.29, 0.717) is 25.5 Å². The van der Waals surface area contributed by atoms with Crippen LogP contribution < -0.4 is 16.8 Å². The van der Waals surface area contributed by atoms with Gasteiger partial charge < -0.3 is 16.8 Å². The Morgan fingerprint density at radius 2 is 1.84 bits per heavy atom. The molecule has 0 saturated carbocycles. The molecule has 1 aromatic rings. The summed E-state index contributed by atoms with van der Waals surface area (Å²) in [5.74, 6) is -3.49. The third kappa shape index (κ3) is 4.29. The van der Waals surface area contributed by atoms with Crippen LogP contribution in [0.25, 0.3) is 0 Å². The van der Waals surface area contributed by atoms with Gasteiger partial charge in [-0.25, -0.2) is 8.78 Å².